The lowest BCUT2D eigenvalue weighted by molar-refractivity contribution is 0.0546. The quantitative estimate of drug-likeness (QED) is 0.873. The molecule has 0 spiro atoms. The summed E-state index contributed by atoms with van der Waals surface area (Å²) in [5, 5.41) is 3.36. The van der Waals surface area contributed by atoms with Crippen molar-refractivity contribution in [3.63, 3.8) is 0 Å². The van der Waals surface area contributed by atoms with Gasteiger partial charge in [-0.25, -0.2) is 0 Å². The molecule has 94 valence electrons. The van der Waals surface area contributed by atoms with Crippen LogP contribution in [0.25, 0.3) is 0 Å². The summed E-state index contributed by atoms with van der Waals surface area (Å²) in [4.78, 5) is 0. The molecule has 0 amide bonds. The van der Waals surface area contributed by atoms with E-state index < -0.39 is 0 Å². The van der Waals surface area contributed by atoms with E-state index >= 15 is 0 Å². The minimum atomic E-state index is -0.0532. The van der Waals surface area contributed by atoms with Crippen molar-refractivity contribution in [2.75, 3.05) is 20.2 Å². The van der Waals surface area contributed by atoms with Crippen LogP contribution in [0.4, 0.5) is 0 Å². The van der Waals surface area contributed by atoms with Gasteiger partial charge in [0.05, 0.1) is 7.11 Å². The molecule has 0 aliphatic carbocycles. The topological polar surface area (TPSA) is 30.5 Å². The fraction of sp³-hybridized carbons (Fsp3) is 0.571. The molecule has 17 heavy (non-hydrogen) atoms. The highest BCUT2D eigenvalue weighted by Gasteiger charge is 2.29. The van der Waals surface area contributed by atoms with E-state index in [0.29, 0.717) is 0 Å². The third-order valence-electron chi connectivity index (χ3n) is 3.47. The van der Waals surface area contributed by atoms with E-state index in [9.17, 15) is 0 Å². The average Bonchev–Trinajstić information content (AvgIpc) is 2.32. The van der Waals surface area contributed by atoms with Crippen LogP contribution < -0.4 is 14.8 Å². The Morgan fingerprint density at radius 1 is 1.18 bits per heavy atom. The first kappa shape index (κ1) is 12.2. The lowest BCUT2D eigenvalue weighted by Crippen LogP contribution is -2.43. The molecule has 1 N–H and O–H groups in total. The molecule has 1 heterocycles. The molecule has 1 aromatic rings. The molecule has 1 aromatic carbocycles. The van der Waals surface area contributed by atoms with Crippen LogP contribution in [0.3, 0.4) is 0 Å². The highest BCUT2D eigenvalue weighted by Crippen LogP contribution is 2.32. The Kier molecular flexibility index (Phi) is 3.57. The number of benzene rings is 1. The second kappa shape index (κ2) is 4.96. The zero-order valence-electron chi connectivity index (χ0n) is 10.9. The zero-order chi connectivity index (χ0) is 12.3. The monoisotopic (exact) mass is 235 g/mol. The Hall–Kier alpha value is -1.22. The maximum Gasteiger partial charge on any atom is 0.126 e. The van der Waals surface area contributed by atoms with Crippen LogP contribution in [-0.2, 0) is 0 Å². The molecular formula is C14H21NO2. The smallest absolute Gasteiger partial charge is 0.126 e. The van der Waals surface area contributed by atoms with Gasteiger partial charge in [-0.15, -0.1) is 0 Å². The number of rotatable bonds is 3. The van der Waals surface area contributed by atoms with Crippen LogP contribution in [0.15, 0.2) is 18.2 Å². The van der Waals surface area contributed by atoms with E-state index in [-0.39, 0.29) is 5.60 Å². The second-order valence-corrected chi connectivity index (χ2v) is 4.89. The molecule has 1 aliphatic rings. The number of hydrogen-bond donors (Lipinski definition) is 1. The van der Waals surface area contributed by atoms with Crippen LogP contribution >= 0.6 is 0 Å². The fourth-order valence-corrected chi connectivity index (χ4v) is 2.25. The molecule has 0 saturated carbocycles. The molecule has 1 fully saturated rings. The van der Waals surface area contributed by atoms with E-state index in [1.807, 2.05) is 25.1 Å². The summed E-state index contributed by atoms with van der Waals surface area (Å²) in [6.45, 7) is 6.28. The van der Waals surface area contributed by atoms with Crippen LogP contribution in [-0.4, -0.2) is 25.8 Å². The van der Waals surface area contributed by atoms with Crippen molar-refractivity contribution in [1.82, 2.24) is 5.32 Å². The Morgan fingerprint density at radius 2 is 1.82 bits per heavy atom. The minimum Gasteiger partial charge on any atom is -0.496 e. The van der Waals surface area contributed by atoms with Gasteiger partial charge >= 0.3 is 0 Å². The summed E-state index contributed by atoms with van der Waals surface area (Å²) in [5.74, 6) is 1.83. The first-order valence-corrected chi connectivity index (χ1v) is 6.18. The van der Waals surface area contributed by atoms with Gasteiger partial charge in [-0.2, -0.15) is 0 Å². The van der Waals surface area contributed by atoms with E-state index in [4.69, 9.17) is 9.47 Å². The van der Waals surface area contributed by atoms with Crippen LogP contribution in [0.1, 0.15) is 25.3 Å². The van der Waals surface area contributed by atoms with Crippen LogP contribution in [0, 0.1) is 6.92 Å². The third kappa shape index (κ3) is 2.72. The molecule has 0 atom stereocenters. The van der Waals surface area contributed by atoms with Gasteiger partial charge in [0.15, 0.2) is 0 Å². The fourth-order valence-electron chi connectivity index (χ4n) is 2.25. The Bertz CT molecular complexity index is 384. The summed E-state index contributed by atoms with van der Waals surface area (Å²) in [6.07, 6.45) is 2.09. The lowest BCUT2D eigenvalue weighted by atomic mass is 9.94. The molecule has 0 bridgehead atoms. The van der Waals surface area contributed by atoms with Crippen molar-refractivity contribution in [2.45, 2.75) is 32.3 Å². The number of hydrogen-bond acceptors (Lipinski definition) is 3. The standard InChI is InChI=1S/C14H21NO2/c1-11-12(16-3)5-4-6-13(11)17-14(2)7-9-15-10-8-14/h4-6,15H,7-10H2,1-3H3. The normalized spacial score (nSPS) is 18.8. The van der Waals surface area contributed by atoms with Gasteiger partial charge in [0.25, 0.3) is 0 Å². The van der Waals surface area contributed by atoms with Crippen molar-refractivity contribution >= 4 is 0 Å². The van der Waals surface area contributed by atoms with E-state index in [1.165, 1.54) is 0 Å². The van der Waals surface area contributed by atoms with Gasteiger partial charge in [-0.3, -0.25) is 0 Å². The molecule has 0 unspecified atom stereocenters. The van der Waals surface area contributed by atoms with Gasteiger partial charge in [-0.05, 0) is 51.9 Å². The summed E-state index contributed by atoms with van der Waals surface area (Å²) in [7, 11) is 1.69. The summed E-state index contributed by atoms with van der Waals surface area (Å²) in [6, 6.07) is 5.96. The molecular weight excluding hydrogens is 214 g/mol. The Balaban J connectivity index is 2.17. The zero-order valence-corrected chi connectivity index (χ0v) is 10.9. The number of methoxy groups -OCH3 is 1. The number of nitrogens with one attached hydrogen (secondary N) is 1. The largest absolute Gasteiger partial charge is 0.496 e. The first-order valence-electron chi connectivity index (χ1n) is 6.18. The van der Waals surface area contributed by atoms with Crippen molar-refractivity contribution in [3.8, 4) is 11.5 Å². The van der Waals surface area contributed by atoms with Crippen molar-refractivity contribution in [3.05, 3.63) is 23.8 Å². The molecule has 3 heteroatoms. The molecule has 1 saturated heterocycles. The first-order chi connectivity index (χ1) is 8.14. The maximum atomic E-state index is 6.20. The van der Waals surface area contributed by atoms with E-state index in [1.54, 1.807) is 7.11 Å². The molecule has 0 radical (unpaired) electrons. The van der Waals surface area contributed by atoms with Gasteiger partial charge in [0.2, 0.25) is 0 Å². The maximum absolute atomic E-state index is 6.20. The van der Waals surface area contributed by atoms with Crippen molar-refractivity contribution < 1.29 is 9.47 Å². The molecule has 0 aromatic heterocycles. The van der Waals surface area contributed by atoms with Crippen LogP contribution in [0.2, 0.25) is 0 Å². The van der Waals surface area contributed by atoms with Gasteiger partial charge < -0.3 is 14.8 Å². The number of piperidine rings is 1. The third-order valence-corrected chi connectivity index (χ3v) is 3.47. The predicted molar refractivity (Wildman–Crippen MR) is 68.9 cm³/mol. The SMILES string of the molecule is COc1cccc(OC2(C)CCNCC2)c1C. The number of ether oxygens (including phenoxy) is 2. The minimum absolute atomic E-state index is 0.0532. The lowest BCUT2D eigenvalue weighted by Gasteiger charge is -2.35. The molecule has 1 aliphatic heterocycles. The summed E-state index contributed by atoms with van der Waals surface area (Å²) >= 11 is 0. The van der Waals surface area contributed by atoms with Gasteiger partial charge in [-0.1, -0.05) is 6.07 Å². The summed E-state index contributed by atoms with van der Waals surface area (Å²) < 4.78 is 11.5. The summed E-state index contributed by atoms with van der Waals surface area (Å²) in [5.41, 5.74) is 1.03. The van der Waals surface area contributed by atoms with Gasteiger partial charge in [0.1, 0.15) is 17.1 Å². The Labute approximate surface area is 103 Å². The van der Waals surface area contributed by atoms with E-state index in [2.05, 4.69) is 12.2 Å². The Morgan fingerprint density at radius 3 is 2.47 bits per heavy atom. The second-order valence-electron chi connectivity index (χ2n) is 4.89. The highest BCUT2D eigenvalue weighted by molar-refractivity contribution is 5.43. The van der Waals surface area contributed by atoms with Gasteiger partial charge in [0, 0.05) is 5.56 Å². The molecule has 2 rings (SSSR count). The van der Waals surface area contributed by atoms with Crippen molar-refractivity contribution in [1.29, 1.82) is 0 Å². The van der Waals surface area contributed by atoms with E-state index in [0.717, 1.165) is 43.0 Å². The highest BCUT2D eigenvalue weighted by atomic mass is 16.5. The predicted octanol–water partition coefficient (Wildman–Crippen LogP) is 2.52. The van der Waals surface area contributed by atoms with Crippen LogP contribution in [0.5, 0.6) is 11.5 Å². The average molecular weight is 235 g/mol. The van der Waals surface area contributed by atoms with Crippen molar-refractivity contribution in [2.24, 2.45) is 0 Å². The molecule has 3 nitrogen and oxygen atoms in total.